The second-order valence-electron chi connectivity index (χ2n) is 7.68. The third kappa shape index (κ3) is 4.95. The topological polar surface area (TPSA) is 84.9 Å². The minimum Gasteiger partial charge on any atom is -0.492 e. The molecule has 1 saturated heterocycles. The number of carbonyl (C=O) groups excluding carboxylic acids is 1. The highest BCUT2D eigenvalue weighted by Crippen LogP contribution is 2.32. The number of morpholine rings is 1. The number of anilines is 1. The minimum atomic E-state index is -3.76. The molecule has 0 saturated carbocycles. The van der Waals surface area contributed by atoms with Crippen molar-refractivity contribution in [3.63, 3.8) is 0 Å². The maximum Gasteiger partial charge on any atom is 0.265 e. The molecule has 0 atom stereocenters. The van der Waals surface area contributed by atoms with E-state index in [1.807, 2.05) is 13.0 Å². The standard InChI is InChI=1S/C22H28N2O5S2/c1-2-29-18-9-8-17(15-21(18)31(26,27)24-10-12-28-13-11-24)23-22(25)20-14-16-6-4-3-5-7-19(16)30-20/h8-9,14-15H,2-7,10-13H2,1H3,(H,23,25). The van der Waals surface area contributed by atoms with Crippen molar-refractivity contribution in [3.05, 3.63) is 39.6 Å². The number of nitrogens with one attached hydrogen (secondary N) is 1. The van der Waals surface area contributed by atoms with Gasteiger partial charge in [0.1, 0.15) is 10.6 Å². The van der Waals surface area contributed by atoms with Gasteiger partial charge in [-0.1, -0.05) is 6.42 Å². The van der Waals surface area contributed by atoms with Gasteiger partial charge < -0.3 is 14.8 Å². The molecule has 4 rings (SSSR count). The van der Waals surface area contributed by atoms with Crippen LogP contribution < -0.4 is 10.1 Å². The summed E-state index contributed by atoms with van der Waals surface area (Å²) in [6.07, 6.45) is 5.60. The van der Waals surface area contributed by atoms with Gasteiger partial charge in [-0.3, -0.25) is 4.79 Å². The van der Waals surface area contributed by atoms with Crippen molar-refractivity contribution in [2.45, 2.75) is 43.9 Å². The molecule has 2 aliphatic rings. The molecule has 0 radical (unpaired) electrons. The predicted octanol–water partition coefficient (Wildman–Crippen LogP) is 3.69. The first-order valence-corrected chi connectivity index (χ1v) is 13.0. The number of hydrogen-bond donors (Lipinski definition) is 1. The van der Waals surface area contributed by atoms with Crippen LogP contribution in [-0.4, -0.2) is 51.5 Å². The van der Waals surface area contributed by atoms with Crippen LogP contribution in [0.1, 0.15) is 46.3 Å². The Bertz CT molecular complexity index is 1020. The molecule has 9 heteroatoms. The average molecular weight is 465 g/mol. The Morgan fingerprint density at radius 1 is 1.16 bits per heavy atom. The summed E-state index contributed by atoms with van der Waals surface area (Å²) in [5, 5.41) is 2.88. The van der Waals surface area contributed by atoms with Crippen molar-refractivity contribution in [1.29, 1.82) is 0 Å². The van der Waals surface area contributed by atoms with Crippen molar-refractivity contribution < 1.29 is 22.7 Å². The van der Waals surface area contributed by atoms with Gasteiger partial charge in [0.25, 0.3) is 5.91 Å². The molecule has 0 bridgehead atoms. The fourth-order valence-corrected chi connectivity index (χ4v) is 6.67. The van der Waals surface area contributed by atoms with Gasteiger partial charge in [0.05, 0.1) is 24.7 Å². The van der Waals surface area contributed by atoms with Crippen LogP contribution in [0.2, 0.25) is 0 Å². The number of benzene rings is 1. The third-order valence-corrected chi connectivity index (χ3v) is 8.72. The van der Waals surface area contributed by atoms with Gasteiger partial charge in [-0.15, -0.1) is 11.3 Å². The van der Waals surface area contributed by atoms with Gasteiger partial charge in [-0.25, -0.2) is 8.42 Å². The monoisotopic (exact) mass is 464 g/mol. The highest BCUT2D eigenvalue weighted by atomic mass is 32.2. The summed E-state index contributed by atoms with van der Waals surface area (Å²) >= 11 is 1.54. The number of carbonyl (C=O) groups is 1. The van der Waals surface area contributed by atoms with Gasteiger partial charge >= 0.3 is 0 Å². The lowest BCUT2D eigenvalue weighted by Crippen LogP contribution is -2.40. The lowest BCUT2D eigenvalue weighted by molar-refractivity contribution is 0.0729. The Balaban J connectivity index is 1.59. The molecule has 2 aromatic rings. The molecule has 168 valence electrons. The van der Waals surface area contributed by atoms with Crippen molar-refractivity contribution in [3.8, 4) is 5.75 Å². The SMILES string of the molecule is CCOc1ccc(NC(=O)c2cc3c(s2)CCCCC3)cc1S(=O)(=O)N1CCOCC1. The maximum atomic E-state index is 13.2. The largest absolute Gasteiger partial charge is 0.492 e. The summed E-state index contributed by atoms with van der Waals surface area (Å²) in [5.74, 6) is 0.0757. The van der Waals surface area contributed by atoms with Gasteiger partial charge in [0.2, 0.25) is 10.0 Å². The fraction of sp³-hybridized carbons (Fsp3) is 0.500. The number of rotatable bonds is 6. The zero-order chi connectivity index (χ0) is 21.8. The van der Waals surface area contributed by atoms with E-state index in [0.717, 1.165) is 25.7 Å². The second-order valence-corrected chi connectivity index (χ2v) is 10.7. The number of sulfonamides is 1. The molecule has 0 spiro atoms. The number of hydrogen-bond acceptors (Lipinski definition) is 6. The molecule has 7 nitrogen and oxygen atoms in total. The van der Waals surface area contributed by atoms with Crippen molar-refractivity contribution >= 4 is 33.0 Å². The number of amides is 1. The van der Waals surface area contributed by atoms with Crippen LogP contribution in [-0.2, 0) is 27.6 Å². The van der Waals surface area contributed by atoms with E-state index in [-0.39, 0.29) is 16.6 Å². The summed E-state index contributed by atoms with van der Waals surface area (Å²) in [7, 11) is -3.76. The summed E-state index contributed by atoms with van der Waals surface area (Å²) in [4.78, 5) is 14.9. The van der Waals surface area contributed by atoms with Gasteiger partial charge in [0.15, 0.2) is 0 Å². The van der Waals surface area contributed by atoms with Crippen molar-refractivity contribution in [2.75, 3.05) is 38.2 Å². The van der Waals surface area contributed by atoms with E-state index < -0.39 is 10.0 Å². The molecule has 1 aromatic heterocycles. The summed E-state index contributed by atoms with van der Waals surface area (Å²) in [5.41, 5.74) is 1.71. The molecule has 1 N–H and O–H groups in total. The molecule has 1 fully saturated rings. The van der Waals surface area contributed by atoms with Crippen molar-refractivity contribution in [2.24, 2.45) is 0 Å². The predicted molar refractivity (Wildman–Crippen MR) is 121 cm³/mol. The first-order chi connectivity index (χ1) is 15.0. The minimum absolute atomic E-state index is 0.0658. The fourth-order valence-electron chi connectivity index (χ4n) is 3.96. The molecular formula is C22H28N2O5S2. The first-order valence-electron chi connectivity index (χ1n) is 10.8. The van der Waals surface area contributed by atoms with E-state index in [4.69, 9.17) is 9.47 Å². The van der Waals surface area contributed by atoms with Crippen LogP contribution in [0.5, 0.6) is 5.75 Å². The summed E-state index contributed by atoms with van der Waals surface area (Å²) in [6, 6.07) is 6.77. The van der Waals surface area contributed by atoms with E-state index in [1.54, 1.807) is 23.5 Å². The van der Waals surface area contributed by atoms with Crippen LogP contribution in [0.3, 0.4) is 0 Å². The number of thiophene rings is 1. The number of nitrogens with zero attached hydrogens (tertiary/aromatic N) is 1. The van der Waals surface area contributed by atoms with Crippen LogP contribution >= 0.6 is 11.3 Å². The van der Waals surface area contributed by atoms with Crippen LogP contribution in [0.15, 0.2) is 29.2 Å². The number of fused-ring (bicyclic) bond motifs is 1. The van der Waals surface area contributed by atoms with Crippen LogP contribution in [0.25, 0.3) is 0 Å². The Morgan fingerprint density at radius 2 is 1.94 bits per heavy atom. The van der Waals surface area contributed by atoms with Crippen LogP contribution in [0, 0.1) is 0 Å². The molecule has 1 amide bonds. The molecule has 1 aliphatic carbocycles. The normalized spacial score (nSPS) is 17.6. The third-order valence-electron chi connectivity index (χ3n) is 5.56. The maximum absolute atomic E-state index is 13.2. The molecular weight excluding hydrogens is 436 g/mol. The van der Waals surface area contributed by atoms with E-state index in [0.29, 0.717) is 43.5 Å². The molecule has 31 heavy (non-hydrogen) atoms. The van der Waals surface area contributed by atoms with E-state index in [2.05, 4.69) is 5.32 Å². The number of ether oxygens (including phenoxy) is 2. The highest BCUT2D eigenvalue weighted by Gasteiger charge is 2.30. The highest BCUT2D eigenvalue weighted by molar-refractivity contribution is 7.89. The summed E-state index contributed by atoms with van der Waals surface area (Å²) in [6.45, 7) is 3.47. The lowest BCUT2D eigenvalue weighted by atomic mass is 10.1. The van der Waals surface area contributed by atoms with Gasteiger partial charge in [-0.05, 0) is 62.4 Å². The molecule has 2 heterocycles. The lowest BCUT2D eigenvalue weighted by Gasteiger charge is -2.27. The molecule has 1 aromatic carbocycles. The number of aryl methyl sites for hydroxylation is 2. The Morgan fingerprint density at radius 3 is 2.71 bits per heavy atom. The van der Waals surface area contributed by atoms with E-state index >= 15 is 0 Å². The second kappa shape index (κ2) is 9.68. The Hall–Kier alpha value is -1.94. The van der Waals surface area contributed by atoms with Gasteiger partial charge in [-0.2, -0.15) is 4.31 Å². The van der Waals surface area contributed by atoms with Crippen molar-refractivity contribution in [1.82, 2.24) is 4.31 Å². The Labute approximate surface area is 187 Å². The zero-order valence-corrected chi connectivity index (χ0v) is 19.3. The zero-order valence-electron chi connectivity index (χ0n) is 17.7. The molecule has 1 aliphatic heterocycles. The summed E-state index contributed by atoms with van der Waals surface area (Å²) < 4.78 is 38.7. The average Bonchev–Trinajstić information content (AvgIpc) is 3.06. The first kappa shape index (κ1) is 22.3. The molecule has 0 unspecified atom stereocenters. The Kier molecular flexibility index (Phi) is 6.95. The van der Waals surface area contributed by atoms with E-state index in [1.165, 1.54) is 27.2 Å². The smallest absolute Gasteiger partial charge is 0.265 e. The van der Waals surface area contributed by atoms with E-state index in [9.17, 15) is 13.2 Å². The van der Waals surface area contributed by atoms with Gasteiger partial charge in [0, 0.05) is 23.7 Å². The quantitative estimate of drug-likeness (QED) is 0.659. The van der Waals surface area contributed by atoms with Crippen LogP contribution in [0.4, 0.5) is 5.69 Å².